The number of aliphatic carboxylic acids is 1. The molecule has 0 unspecified atom stereocenters. The van der Waals surface area contributed by atoms with Crippen LogP contribution in [0.15, 0.2) is 23.1 Å². The van der Waals surface area contributed by atoms with Gasteiger partial charge in [0.05, 0.1) is 21.9 Å². The zero-order valence-corrected chi connectivity index (χ0v) is 13.0. The largest absolute Gasteiger partial charge is 0.548 e. The monoisotopic (exact) mass is 344 g/mol. The third-order valence-electron chi connectivity index (χ3n) is 2.83. The summed E-state index contributed by atoms with van der Waals surface area (Å²) >= 11 is 11.8. The molecule has 1 aromatic rings. The molecule has 0 saturated carbocycles. The van der Waals surface area contributed by atoms with Gasteiger partial charge in [0.25, 0.3) is 5.91 Å². The van der Waals surface area contributed by atoms with Crippen molar-refractivity contribution in [3.05, 3.63) is 39.5 Å². The van der Waals surface area contributed by atoms with Crippen molar-refractivity contribution in [1.29, 1.82) is 0 Å². The number of halogens is 2. The Balaban J connectivity index is 2.39. The fourth-order valence-electron chi connectivity index (χ4n) is 1.70. The molecule has 1 heterocycles. The van der Waals surface area contributed by atoms with Crippen LogP contribution in [0.2, 0.25) is 5.02 Å². The molecule has 1 aliphatic rings. The summed E-state index contributed by atoms with van der Waals surface area (Å²) in [4.78, 5) is 24.1. The Morgan fingerprint density at radius 3 is 2.81 bits per heavy atom. The predicted octanol–water partition coefficient (Wildman–Crippen LogP) is 1.82. The van der Waals surface area contributed by atoms with E-state index in [1.807, 2.05) is 0 Å². The third-order valence-corrected chi connectivity index (χ3v) is 4.49. The minimum Gasteiger partial charge on any atom is -0.548 e. The first-order valence-electron chi connectivity index (χ1n) is 5.75. The number of thiocarbonyl (C=S) groups is 1. The molecule has 110 valence electrons. The summed E-state index contributed by atoms with van der Waals surface area (Å²) in [6.07, 6.45) is 1.26. The van der Waals surface area contributed by atoms with Crippen LogP contribution >= 0.6 is 35.6 Å². The van der Waals surface area contributed by atoms with Gasteiger partial charge in [-0.15, -0.1) is 0 Å². The SMILES string of the molecule is C[C@H](C(=O)[O-])N1C(=O)/C(=C\c2c(F)cccc2Cl)SC1=S. The van der Waals surface area contributed by atoms with Gasteiger partial charge < -0.3 is 9.90 Å². The lowest BCUT2D eigenvalue weighted by molar-refractivity contribution is -0.309. The second kappa shape index (κ2) is 6.13. The lowest BCUT2D eigenvalue weighted by Gasteiger charge is -2.23. The van der Waals surface area contributed by atoms with E-state index in [4.69, 9.17) is 23.8 Å². The molecule has 1 atom stereocenters. The van der Waals surface area contributed by atoms with Crippen LogP contribution in [0.4, 0.5) is 4.39 Å². The normalized spacial score (nSPS) is 18.4. The summed E-state index contributed by atoms with van der Waals surface area (Å²) in [5, 5.41) is 11.0. The summed E-state index contributed by atoms with van der Waals surface area (Å²) in [7, 11) is 0. The van der Waals surface area contributed by atoms with Crippen molar-refractivity contribution in [3.63, 3.8) is 0 Å². The Morgan fingerprint density at radius 2 is 2.24 bits per heavy atom. The molecule has 0 aromatic heterocycles. The van der Waals surface area contributed by atoms with E-state index in [0.717, 1.165) is 16.7 Å². The van der Waals surface area contributed by atoms with E-state index < -0.39 is 23.7 Å². The number of carbonyl (C=O) groups is 2. The Hall–Kier alpha value is -1.44. The van der Waals surface area contributed by atoms with Crippen LogP contribution < -0.4 is 5.11 Å². The Labute approximate surface area is 134 Å². The Morgan fingerprint density at radius 1 is 1.57 bits per heavy atom. The molecule has 1 saturated heterocycles. The van der Waals surface area contributed by atoms with Gasteiger partial charge in [-0.05, 0) is 25.1 Å². The van der Waals surface area contributed by atoms with Gasteiger partial charge in [-0.25, -0.2) is 4.39 Å². The van der Waals surface area contributed by atoms with Crippen LogP contribution in [0.1, 0.15) is 12.5 Å². The van der Waals surface area contributed by atoms with Crippen molar-refractivity contribution in [2.45, 2.75) is 13.0 Å². The minimum absolute atomic E-state index is 0.0563. The summed E-state index contributed by atoms with van der Waals surface area (Å²) < 4.78 is 13.8. The first kappa shape index (κ1) is 15.9. The van der Waals surface area contributed by atoms with Crippen LogP contribution in [-0.4, -0.2) is 27.1 Å². The molecule has 1 amide bonds. The van der Waals surface area contributed by atoms with Crippen LogP contribution in [0, 0.1) is 5.82 Å². The standard InChI is InChI=1S/C13H9ClFNO3S2/c1-6(12(18)19)16-11(17)10(21-13(16)20)5-7-8(14)3-2-4-9(7)15/h2-6H,1H3,(H,18,19)/p-1/b10-5+/t6-/m1/s1. The zero-order chi connectivity index (χ0) is 15.7. The number of rotatable bonds is 3. The molecular formula is C13H8ClFNO3S2-. The van der Waals surface area contributed by atoms with Crippen molar-refractivity contribution in [2.75, 3.05) is 0 Å². The van der Waals surface area contributed by atoms with E-state index in [0.29, 0.717) is 0 Å². The Kier molecular flexibility index (Phi) is 4.65. The third kappa shape index (κ3) is 3.09. The summed E-state index contributed by atoms with van der Waals surface area (Å²) in [6, 6.07) is 2.95. The van der Waals surface area contributed by atoms with Crippen LogP contribution in [0.25, 0.3) is 6.08 Å². The van der Waals surface area contributed by atoms with E-state index in [1.165, 1.54) is 31.2 Å². The minimum atomic E-state index is -1.42. The average molecular weight is 345 g/mol. The van der Waals surface area contributed by atoms with Gasteiger partial charge in [0.1, 0.15) is 10.1 Å². The van der Waals surface area contributed by atoms with Crippen molar-refractivity contribution in [3.8, 4) is 0 Å². The number of benzene rings is 1. The first-order chi connectivity index (χ1) is 9.82. The molecule has 0 spiro atoms. The van der Waals surface area contributed by atoms with Gasteiger partial charge in [-0.1, -0.05) is 41.6 Å². The molecule has 0 radical (unpaired) electrons. The zero-order valence-electron chi connectivity index (χ0n) is 10.6. The number of thioether (sulfide) groups is 1. The van der Waals surface area contributed by atoms with Crippen molar-refractivity contribution in [2.24, 2.45) is 0 Å². The fraction of sp³-hybridized carbons (Fsp3) is 0.154. The van der Waals surface area contributed by atoms with Crippen molar-refractivity contribution in [1.82, 2.24) is 4.90 Å². The van der Waals surface area contributed by atoms with Gasteiger partial charge in [-0.2, -0.15) is 0 Å². The smallest absolute Gasteiger partial charge is 0.266 e. The van der Waals surface area contributed by atoms with Gasteiger partial charge in [0, 0.05) is 5.56 Å². The van der Waals surface area contributed by atoms with Gasteiger partial charge in [0.2, 0.25) is 0 Å². The van der Waals surface area contributed by atoms with Gasteiger partial charge in [0.15, 0.2) is 0 Å². The molecule has 4 nitrogen and oxygen atoms in total. The fourth-order valence-corrected chi connectivity index (χ4v) is 3.32. The van der Waals surface area contributed by atoms with E-state index in [-0.39, 0.29) is 19.8 Å². The second-order valence-electron chi connectivity index (χ2n) is 4.18. The maximum absolute atomic E-state index is 13.7. The average Bonchev–Trinajstić information content (AvgIpc) is 2.68. The summed E-state index contributed by atoms with van der Waals surface area (Å²) in [6.45, 7) is 1.29. The lowest BCUT2D eigenvalue weighted by atomic mass is 10.2. The first-order valence-corrected chi connectivity index (χ1v) is 7.35. The molecule has 8 heteroatoms. The highest BCUT2D eigenvalue weighted by molar-refractivity contribution is 8.26. The number of carboxylic acid groups (broad SMARTS) is 1. The molecule has 0 N–H and O–H groups in total. The van der Waals surface area contributed by atoms with Crippen molar-refractivity contribution >= 4 is 57.9 Å². The maximum Gasteiger partial charge on any atom is 0.266 e. The summed E-state index contributed by atoms with van der Waals surface area (Å²) in [5.41, 5.74) is 0.0563. The van der Waals surface area contributed by atoms with Gasteiger partial charge in [-0.3, -0.25) is 9.69 Å². The number of carbonyl (C=O) groups excluding carboxylic acids is 2. The van der Waals surface area contributed by atoms with Crippen LogP contribution in [-0.2, 0) is 9.59 Å². The number of carboxylic acids is 1. The van der Waals surface area contributed by atoms with Crippen LogP contribution in [0.3, 0.4) is 0 Å². The number of hydrogen-bond donors (Lipinski definition) is 0. The lowest BCUT2D eigenvalue weighted by Crippen LogP contribution is -2.48. The topological polar surface area (TPSA) is 60.4 Å². The maximum atomic E-state index is 13.7. The predicted molar refractivity (Wildman–Crippen MR) is 80.9 cm³/mol. The quantitative estimate of drug-likeness (QED) is 0.618. The molecule has 1 aromatic carbocycles. The molecular weight excluding hydrogens is 337 g/mol. The van der Waals surface area contributed by atoms with E-state index in [1.54, 1.807) is 0 Å². The number of nitrogens with zero attached hydrogens (tertiary/aromatic N) is 1. The van der Waals surface area contributed by atoms with E-state index in [9.17, 15) is 19.1 Å². The summed E-state index contributed by atoms with van der Waals surface area (Å²) in [5.74, 6) is -2.61. The highest BCUT2D eigenvalue weighted by Gasteiger charge is 2.36. The number of hydrogen-bond acceptors (Lipinski definition) is 5. The van der Waals surface area contributed by atoms with Gasteiger partial charge >= 0.3 is 0 Å². The molecule has 0 aliphatic carbocycles. The molecule has 21 heavy (non-hydrogen) atoms. The highest BCUT2D eigenvalue weighted by atomic mass is 35.5. The van der Waals surface area contributed by atoms with E-state index >= 15 is 0 Å². The second-order valence-corrected chi connectivity index (χ2v) is 6.27. The van der Waals surface area contributed by atoms with Crippen molar-refractivity contribution < 1.29 is 19.1 Å². The highest BCUT2D eigenvalue weighted by Crippen LogP contribution is 2.35. The molecule has 0 bridgehead atoms. The van der Waals surface area contributed by atoms with Crippen LogP contribution in [0.5, 0.6) is 0 Å². The van der Waals surface area contributed by atoms with E-state index in [2.05, 4.69) is 0 Å². The molecule has 1 fully saturated rings. The molecule has 1 aliphatic heterocycles. The Bertz CT molecular complexity index is 657. The number of amides is 1. The molecule has 2 rings (SSSR count).